The van der Waals surface area contributed by atoms with E-state index in [0.717, 1.165) is 17.1 Å². The van der Waals surface area contributed by atoms with Gasteiger partial charge in [-0.15, -0.1) is 0 Å². The molecule has 4 rings (SSSR count). The van der Waals surface area contributed by atoms with Crippen LogP contribution in [0.15, 0.2) is 30.5 Å². The van der Waals surface area contributed by atoms with Crippen LogP contribution in [0, 0.1) is 6.92 Å². The molecule has 0 saturated heterocycles. The van der Waals surface area contributed by atoms with Gasteiger partial charge in [0, 0.05) is 36.8 Å². The Morgan fingerprint density at radius 1 is 1.15 bits per heavy atom. The van der Waals surface area contributed by atoms with E-state index in [9.17, 15) is 13.2 Å². The fourth-order valence-electron chi connectivity index (χ4n) is 3.33. The first-order valence-electron chi connectivity index (χ1n) is 8.47. The predicted molar refractivity (Wildman–Crippen MR) is 94.8 cm³/mol. The number of rotatable bonds is 2. The summed E-state index contributed by atoms with van der Waals surface area (Å²) in [5, 5.41) is 0.809. The van der Waals surface area contributed by atoms with E-state index in [1.807, 2.05) is 23.1 Å². The lowest BCUT2D eigenvalue weighted by molar-refractivity contribution is -0.137. The Bertz CT molecular complexity index is 1020. The molecule has 140 valence electrons. The maximum absolute atomic E-state index is 13.0. The highest BCUT2D eigenvalue weighted by atomic mass is 19.4. The van der Waals surface area contributed by atoms with Crippen LogP contribution in [-0.2, 0) is 19.1 Å². The molecule has 27 heavy (non-hydrogen) atoms. The zero-order chi connectivity index (χ0) is 19.2. The van der Waals surface area contributed by atoms with E-state index in [-0.39, 0.29) is 0 Å². The maximum atomic E-state index is 13.0. The molecular weight excluding hydrogens is 357 g/mol. The topological polar surface area (TPSA) is 51.1 Å². The second kappa shape index (κ2) is 6.37. The van der Waals surface area contributed by atoms with Crippen molar-refractivity contribution in [1.29, 1.82) is 0 Å². The van der Waals surface area contributed by atoms with Crippen LogP contribution in [0.5, 0.6) is 5.75 Å². The Balaban J connectivity index is 1.77. The van der Waals surface area contributed by atoms with E-state index in [0.29, 0.717) is 48.2 Å². The molecule has 0 radical (unpaired) electrons. The molecule has 0 aliphatic carbocycles. The Morgan fingerprint density at radius 3 is 2.70 bits per heavy atom. The van der Waals surface area contributed by atoms with Gasteiger partial charge in [0.05, 0.1) is 18.2 Å². The third-order valence-electron chi connectivity index (χ3n) is 4.66. The highest BCUT2D eigenvalue weighted by Crippen LogP contribution is 2.33. The number of hydrogen-bond donors (Lipinski definition) is 0. The summed E-state index contributed by atoms with van der Waals surface area (Å²) in [5.41, 5.74) is 1.31. The van der Waals surface area contributed by atoms with Crippen molar-refractivity contribution >= 4 is 16.7 Å². The molecule has 0 saturated carbocycles. The molecule has 5 nitrogen and oxygen atoms in total. The van der Waals surface area contributed by atoms with E-state index < -0.39 is 11.7 Å². The van der Waals surface area contributed by atoms with Crippen LogP contribution < -0.4 is 9.64 Å². The summed E-state index contributed by atoms with van der Waals surface area (Å²) < 4.78 is 44.4. The van der Waals surface area contributed by atoms with Gasteiger partial charge in [0.1, 0.15) is 17.4 Å². The van der Waals surface area contributed by atoms with Gasteiger partial charge in [0.25, 0.3) is 0 Å². The molecule has 3 aromatic rings. The first-order valence-corrected chi connectivity index (χ1v) is 8.47. The van der Waals surface area contributed by atoms with Gasteiger partial charge < -0.3 is 9.64 Å². The van der Waals surface area contributed by atoms with Crippen LogP contribution >= 0.6 is 0 Å². The van der Waals surface area contributed by atoms with Gasteiger partial charge in [0.2, 0.25) is 0 Å². The Hall–Kier alpha value is -2.90. The molecule has 0 fully saturated rings. The smallest absolute Gasteiger partial charge is 0.417 e. The zero-order valence-corrected chi connectivity index (χ0v) is 14.8. The van der Waals surface area contributed by atoms with Gasteiger partial charge in [-0.1, -0.05) is 0 Å². The van der Waals surface area contributed by atoms with Crippen molar-refractivity contribution in [1.82, 2.24) is 15.0 Å². The summed E-state index contributed by atoms with van der Waals surface area (Å²) in [6.45, 7) is 2.73. The number of aromatic nitrogens is 3. The SMILES string of the molecule is COc1ccc2nc(C)nc(N3CCc4ncc(C(F)(F)F)cc4C3)c2c1. The number of methoxy groups -OCH3 is 1. The number of ether oxygens (including phenoxy) is 1. The quantitative estimate of drug-likeness (QED) is 0.680. The van der Waals surface area contributed by atoms with Crippen LogP contribution in [0.25, 0.3) is 10.9 Å². The van der Waals surface area contributed by atoms with E-state index >= 15 is 0 Å². The molecule has 2 aromatic heterocycles. The standard InChI is InChI=1S/C19H17F3N4O/c1-11-24-17-4-3-14(27-2)8-15(17)18(25-11)26-6-5-16-12(10-26)7-13(9-23-16)19(20,21)22/h3-4,7-9H,5-6,10H2,1-2H3. The lowest BCUT2D eigenvalue weighted by Crippen LogP contribution is -2.32. The van der Waals surface area contributed by atoms with Crippen molar-refractivity contribution in [3.63, 3.8) is 0 Å². The number of anilines is 1. The van der Waals surface area contributed by atoms with E-state index in [2.05, 4.69) is 15.0 Å². The normalized spacial score (nSPS) is 14.3. The summed E-state index contributed by atoms with van der Waals surface area (Å²) in [4.78, 5) is 15.0. The second-order valence-corrected chi connectivity index (χ2v) is 6.48. The number of fused-ring (bicyclic) bond motifs is 2. The minimum atomic E-state index is -4.41. The summed E-state index contributed by atoms with van der Waals surface area (Å²) in [7, 11) is 1.58. The summed E-state index contributed by atoms with van der Waals surface area (Å²) in [6.07, 6.45) is -2.94. The van der Waals surface area contributed by atoms with Crippen LogP contribution in [0.1, 0.15) is 22.6 Å². The zero-order valence-electron chi connectivity index (χ0n) is 14.8. The van der Waals surface area contributed by atoms with Gasteiger partial charge in [-0.2, -0.15) is 13.2 Å². The molecule has 0 unspecified atom stereocenters. The predicted octanol–water partition coefficient (Wildman–Crippen LogP) is 3.92. The third-order valence-corrected chi connectivity index (χ3v) is 4.66. The van der Waals surface area contributed by atoms with Gasteiger partial charge in [-0.05, 0) is 36.8 Å². The average Bonchev–Trinajstić information content (AvgIpc) is 2.65. The third kappa shape index (κ3) is 3.27. The fourth-order valence-corrected chi connectivity index (χ4v) is 3.33. The number of pyridine rings is 1. The fraction of sp³-hybridized carbons (Fsp3) is 0.316. The van der Waals surface area contributed by atoms with Crippen molar-refractivity contribution in [3.8, 4) is 5.75 Å². The number of halogens is 3. The lowest BCUT2D eigenvalue weighted by Gasteiger charge is -2.30. The van der Waals surface area contributed by atoms with Crippen LogP contribution in [0.3, 0.4) is 0 Å². The highest BCUT2D eigenvalue weighted by Gasteiger charge is 2.32. The molecule has 0 N–H and O–H groups in total. The first kappa shape index (κ1) is 17.5. The van der Waals surface area contributed by atoms with Crippen molar-refractivity contribution < 1.29 is 17.9 Å². The van der Waals surface area contributed by atoms with Crippen molar-refractivity contribution in [2.24, 2.45) is 0 Å². The van der Waals surface area contributed by atoms with E-state index in [4.69, 9.17) is 4.74 Å². The number of benzene rings is 1. The summed E-state index contributed by atoms with van der Waals surface area (Å²) >= 11 is 0. The van der Waals surface area contributed by atoms with Gasteiger partial charge in [-0.25, -0.2) is 9.97 Å². The van der Waals surface area contributed by atoms with Crippen LogP contribution in [0.4, 0.5) is 19.0 Å². The second-order valence-electron chi connectivity index (χ2n) is 6.48. The Labute approximate surface area is 153 Å². The van der Waals surface area contributed by atoms with Gasteiger partial charge in [-0.3, -0.25) is 4.98 Å². The molecule has 0 bridgehead atoms. The minimum Gasteiger partial charge on any atom is -0.497 e. The molecule has 3 heterocycles. The average molecular weight is 374 g/mol. The Morgan fingerprint density at radius 2 is 1.96 bits per heavy atom. The molecule has 8 heteroatoms. The summed E-state index contributed by atoms with van der Waals surface area (Å²) in [6, 6.07) is 6.71. The number of aryl methyl sites for hydroxylation is 1. The monoisotopic (exact) mass is 374 g/mol. The molecule has 0 spiro atoms. The first-order chi connectivity index (χ1) is 12.8. The molecule has 1 aromatic carbocycles. The van der Waals surface area contributed by atoms with Crippen molar-refractivity contribution in [3.05, 3.63) is 53.1 Å². The lowest BCUT2D eigenvalue weighted by atomic mass is 10.0. The van der Waals surface area contributed by atoms with Gasteiger partial charge >= 0.3 is 6.18 Å². The Kier molecular flexibility index (Phi) is 4.13. The van der Waals surface area contributed by atoms with E-state index in [1.165, 1.54) is 6.07 Å². The van der Waals surface area contributed by atoms with Gasteiger partial charge in [0.15, 0.2) is 0 Å². The molecular formula is C19H17F3N4O. The maximum Gasteiger partial charge on any atom is 0.417 e. The summed E-state index contributed by atoms with van der Waals surface area (Å²) in [5.74, 6) is 1.98. The molecule has 0 amide bonds. The van der Waals surface area contributed by atoms with Crippen molar-refractivity contribution in [2.75, 3.05) is 18.6 Å². The van der Waals surface area contributed by atoms with Crippen LogP contribution in [-0.4, -0.2) is 28.6 Å². The number of hydrogen-bond acceptors (Lipinski definition) is 5. The van der Waals surface area contributed by atoms with E-state index in [1.54, 1.807) is 14.0 Å². The van der Waals surface area contributed by atoms with Crippen LogP contribution in [0.2, 0.25) is 0 Å². The number of alkyl halides is 3. The molecule has 1 aliphatic heterocycles. The number of nitrogens with zero attached hydrogens (tertiary/aromatic N) is 4. The van der Waals surface area contributed by atoms with Crippen molar-refractivity contribution in [2.45, 2.75) is 26.1 Å². The highest BCUT2D eigenvalue weighted by molar-refractivity contribution is 5.90. The largest absolute Gasteiger partial charge is 0.497 e. The molecule has 0 atom stereocenters. The minimum absolute atomic E-state index is 0.315. The molecule has 1 aliphatic rings.